The predicted octanol–water partition coefficient (Wildman–Crippen LogP) is 2.26. The smallest absolute Gasteiger partial charge is 0.138 e. The second kappa shape index (κ2) is 3.50. The highest BCUT2D eigenvalue weighted by atomic mass is 79.9. The largest absolute Gasteiger partial charge is 0.493 e. The van der Waals surface area contributed by atoms with E-state index in [0.29, 0.717) is 0 Å². The van der Waals surface area contributed by atoms with Crippen LogP contribution in [0, 0.1) is 0 Å². The molecule has 1 unspecified atom stereocenters. The van der Waals surface area contributed by atoms with E-state index in [4.69, 9.17) is 4.74 Å². The average Bonchev–Trinajstić information content (AvgIpc) is 2.63. The first-order valence-corrected chi connectivity index (χ1v) is 5.08. The van der Waals surface area contributed by atoms with Gasteiger partial charge in [0.2, 0.25) is 0 Å². The predicted molar refractivity (Wildman–Crippen MR) is 53.4 cm³/mol. The second-order valence-corrected chi connectivity index (χ2v) is 3.99. The third-order valence-corrected chi connectivity index (χ3v) is 2.90. The lowest BCUT2D eigenvalue weighted by molar-refractivity contribution is -0.107. The first-order chi connectivity index (χ1) is 6.31. The summed E-state index contributed by atoms with van der Waals surface area (Å²) in [7, 11) is 0. The van der Waals surface area contributed by atoms with Crippen molar-refractivity contribution < 1.29 is 9.53 Å². The highest BCUT2D eigenvalue weighted by Gasteiger charge is 2.14. The third-order valence-electron chi connectivity index (χ3n) is 2.15. The monoisotopic (exact) mass is 240 g/mol. The normalized spacial score (nSPS) is 16.1. The lowest BCUT2D eigenvalue weighted by Gasteiger charge is -2.04. The van der Waals surface area contributed by atoms with Gasteiger partial charge in [-0.25, -0.2) is 0 Å². The minimum absolute atomic E-state index is 0.196. The van der Waals surface area contributed by atoms with Crippen molar-refractivity contribution in [2.45, 2.75) is 11.2 Å². The first-order valence-electron chi connectivity index (χ1n) is 4.16. The van der Waals surface area contributed by atoms with E-state index >= 15 is 0 Å². The minimum Gasteiger partial charge on any atom is -0.493 e. The molecule has 1 heterocycles. The zero-order chi connectivity index (χ0) is 9.26. The molecule has 1 aliphatic heterocycles. The van der Waals surface area contributed by atoms with E-state index in [1.54, 1.807) is 0 Å². The number of ether oxygens (including phenoxy) is 1. The topological polar surface area (TPSA) is 26.3 Å². The van der Waals surface area contributed by atoms with Crippen LogP contribution < -0.4 is 4.74 Å². The third kappa shape index (κ3) is 1.61. The van der Waals surface area contributed by atoms with Gasteiger partial charge in [-0.2, -0.15) is 0 Å². The fourth-order valence-corrected chi connectivity index (χ4v) is 1.74. The SMILES string of the molecule is O=CC(Br)c1ccc2c(c1)CCO2. The second-order valence-electron chi connectivity index (χ2n) is 3.00. The Bertz CT molecular complexity index is 336. The molecule has 0 spiro atoms. The lowest BCUT2D eigenvalue weighted by Crippen LogP contribution is -1.91. The number of halogens is 1. The van der Waals surface area contributed by atoms with Crippen LogP contribution in [0.25, 0.3) is 0 Å². The van der Waals surface area contributed by atoms with Crippen molar-refractivity contribution in [3.05, 3.63) is 29.3 Å². The lowest BCUT2D eigenvalue weighted by atomic mass is 10.1. The number of hydrogen-bond donors (Lipinski definition) is 0. The van der Waals surface area contributed by atoms with E-state index in [1.807, 2.05) is 18.2 Å². The van der Waals surface area contributed by atoms with E-state index < -0.39 is 0 Å². The average molecular weight is 241 g/mol. The van der Waals surface area contributed by atoms with Crippen molar-refractivity contribution in [2.75, 3.05) is 6.61 Å². The van der Waals surface area contributed by atoms with Crippen LogP contribution in [0.5, 0.6) is 5.75 Å². The molecular formula is C10H9BrO2. The van der Waals surface area contributed by atoms with Crippen molar-refractivity contribution >= 4 is 22.2 Å². The zero-order valence-electron chi connectivity index (χ0n) is 7.00. The standard InChI is InChI=1S/C10H9BrO2/c11-9(6-12)7-1-2-10-8(5-7)3-4-13-10/h1-2,5-6,9H,3-4H2. The van der Waals surface area contributed by atoms with E-state index in [0.717, 1.165) is 30.6 Å². The molecule has 0 radical (unpaired) electrons. The molecule has 2 nitrogen and oxygen atoms in total. The number of hydrogen-bond acceptors (Lipinski definition) is 2. The summed E-state index contributed by atoms with van der Waals surface area (Å²) in [6, 6.07) is 5.86. The number of fused-ring (bicyclic) bond motifs is 1. The number of alkyl halides is 1. The Morgan fingerprint density at radius 2 is 2.38 bits per heavy atom. The van der Waals surface area contributed by atoms with Gasteiger partial charge in [-0.15, -0.1) is 0 Å². The molecule has 1 atom stereocenters. The molecule has 1 aromatic carbocycles. The quantitative estimate of drug-likeness (QED) is 0.586. The molecular weight excluding hydrogens is 232 g/mol. The van der Waals surface area contributed by atoms with Crippen LogP contribution in [0.2, 0.25) is 0 Å². The molecule has 1 aromatic rings. The molecule has 0 amide bonds. The van der Waals surface area contributed by atoms with Gasteiger partial charge in [0.1, 0.15) is 12.0 Å². The summed E-state index contributed by atoms with van der Waals surface area (Å²) in [5, 5.41) is 0. The Kier molecular flexibility index (Phi) is 2.36. The molecule has 68 valence electrons. The van der Waals surface area contributed by atoms with Crippen LogP contribution >= 0.6 is 15.9 Å². The van der Waals surface area contributed by atoms with Gasteiger partial charge in [-0.1, -0.05) is 28.1 Å². The van der Waals surface area contributed by atoms with Gasteiger partial charge in [0, 0.05) is 6.42 Å². The van der Waals surface area contributed by atoms with Crippen molar-refractivity contribution in [2.24, 2.45) is 0 Å². The number of aldehydes is 1. The molecule has 0 N–H and O–H groups in total. The summed E-state index contributed by atoms with van der Waals surface area (Å²) in [4.78, 5) is 10.3. The minimum atomic E-state index is -0.196. The summed E-state index contributed by atoms with van der Waals surface area (Å²) in [6.45, 7) is 0.757. The molecule has 3 heteroatoms. The van der Waals surface area contributed by atoms with Crippen molar-refractivity contribution in [3.63, 3.8) is 0 Å². The van der Waals surface area contributed by atoms with Crippen LogP contribution in [0.15, 0.2) is 18.2 Å². The van der Waals surface area contributed by atoms with Gasteiger partial charge < -0.3 is 9.53 Å². The van der Waals surface area contributed by atoms with E-state index in [9.17, 15) is 4.79 Å². The fourth-order valence-electron chi connectivity index (χ4n) is 1.46. The van der Waals surface area contributed by atoms with Crippen molar-refractivity contribution in [1.82, 2.24) is 0 Å². The maximum atomic E-state index is 10.5. The van der Waals surface area contributed by atoms with Crippen LogP contribution in [0.4, 0.5) is 0 Å². The molecule has 0 saturated heterocycles. The Labute approximate surface area is 85.0 Å². The molecule has 2 rings (SSSR count). The number of rotatable bonds is 2. The molecule has 0 aromatic heterocycles. The first kappa shape index (κ1) is 8.75. The highest BCUT2D eigenvalue weighted by molar-refractivity contribution is 9.09. The van der Waals surface area contributed by atoms with Crippen LogP contribution in [-0.2, 0) is 11.2 Å². The maximum Gasteiger partial charge on any atom is 0.138 e. The van der Waals surface area contributed by atoms with Gasteiger partial charge in [0.05, 0.1) is 11.4 Å². The Balaban J connectivity index is 2.35. The number of benzene rings is 1. The van der Waals surface area contributed by atoms with Crippen LogP contribution in [0.3, 0.4) is 0 Å². The molecule has 0 aliphatic carbocycles. The molecule has 1 aliphatic rings. The Hall–Kier alpha value is -0.830. The van der Waals surface area contributed by atoms with E-state index in [-0.39, 0.29) is 4.83 Å². The van der Waals surface area contributed by atoms with Crippen molar-refractivity contribution in [3.8, 4) is 5.75 Å². The van der Waals surface area contributed by atoms with Gasteiger partial charge >= 0.3 is 0 Å². The summed E-state index contributed by atoms with van der Waals surface area (Å²) in [6.07, 6.45) is 1.83. The van der Waals surface area contributed by atoms with Gasteiger partial charge in [0.25, 0.3) is 0 Å². The van der Waals surface area contributed by atoms with Crippen molar-refractivity contribution in [1.29, 1.82) is 0 Å². The van der Waals surface area contributed by atoms with Gasteiger partial charge in [-0.3, -0.25) is 0 Å². The number of carbonyl (C=O) groups excluding carboxylic acids is 1. The maximum absolute atomic E-state index is 10.5. The Morgan fingerprint density at radius 3 is 3.15 bits per heavy atom. The molecule has 0 bridgehead atoms. The molecule has 13 heavy (non-hydrogen) atoms. The Morgan fingerprint density at radius 1 is 1.54 bits per heavy atom. The van der Waals surface area contributed by atoms with E-state index in [1.165, 1.54) is 5.56 Å². The van der Waals surface area contributed by atoms with Crippen LogP contribution in [-0.4, -0.2) is 12.9 Å². The molecule has 0 fully saturated rings. The summed E-state index contributed by atoms with van der Waals surface area (Å²) in [5.41, 5.74) is 2.20. The van der Waals surface area contributed by atoms with E-state index in [2.05, 4.69) is 15.9 Å². The highest BCUT2D eigenvalue weighted by Crippen LogP contribution is 2.30. The summed E-state index contributed by atoms with van der Waals surface area (Å²) in [5.74, 6) is 0.953. The summed E-state index contributed by atoms with van der Waals surface area (Å²) >= 11 is 3.28. The fraction of sp³-hybridized carbons (Fsp3) is 0.300. The van der Waals surface area contributed by atoms with Gasteiger partial charge in [-0.05, 0) is 17.2 Å². The van der Waals surface area contributed by atoms with Gasteiger partial charge in [0.15, 0.2) is 0 Å². The summed E-state index contributed by atoms with van der Waals surface area (Å²) < 4.78 is 5.36. The zero-order valence-corrected chi connectivity index (χ0v) is 8.58. The van der Waals surface area contributed by atoms with Crippen LogP contribution in [0.1, 0.15) is 16.0 Å². The number of carbonyl (C=O) groups is 1. The molecule has 0 saturated carbocycles.